The van der Waals surface area contributed by atoms with Gasteiger partial charge in [0.25, 0.3) is 0 Å². The molecule has 1 aliphatic carbocycles. The van der Waals surface area contributed by atoms with Crippen LogP contribution in [-0.4, -0.2) is 17.2 Å². The van der Waals surface area contributed by atoms with Gasteiger partial charge in [-0.2, -0.15) is 0 Å². The summed E-state index contributed by atoms with van der Waals surface area (Å²) in [6.07, 6.45) is 2.29. The van der Waals surface area contributed by atoms with Crippen molar-refractivity contribution in [1.82, 2.24) is 5.32 Å². The molecule has 0 bridgehead atoms. The SMILES string of the molecule is Cc1ccc(S[C@H](C)C(=O)NC2CC2)cc1. The molecule has 1 aromatic rings. The van der Waals surface area contributed by atoms with Crippen molar-refractivity contribution in [3.8, 4) is 0 Å². The molecule has 0 radical (unpaired) electrons. The number of hydrogen-bond donors (Lipinski definition) is 1. The Morgan fingerprint density at radius 1 is 1.38 bits per heavy atom. The first-order valence-corrected chi connectivity index (χ1v) is 6.57. The van der Waals surface area contributed by atoms with E-state index in [2.05, 4.69) is 36.5 Å². The first-order valence-electron chi connectivity index (χ1n) is 5.69. The summed E-state index contributed by atoms with van der Waals surface area (Å²) < 4.78 is 0. The molecule has 1 N–H and O–H groups in total. The molecule has 1 aromatic carbocycles. The van der Waals surface area contributed by atoms with E-state index in [1.165, 1.54) is 5.56 Å². The summed E-state index contributed by atoms with van der Waals surface area (Å²) >= 11 is 1.62. The Hall–Kier alpha value is -0.960. The van der Waals surface area contributed by atoms with Crippen LogP contribution in [0.15, 0.2) is 29.2 Å². The Bertz CT molecular complexity index is 370. The summed E-state index contributed by atoms with van der Waals surface area (Å²) in [6.45, 7) is 4.03. The fourth-order valence-electron chi connectivity index (χ4n) is 1.42. The van der Waals surface area contributed by atoms with Gasteiger partial charge in [-0.05, 0) is 38.8 Å². The van der Waals surface area contributed by atoms with Crippen molar-refractivity contribution in [2.45, 2.75) is 42.9 Å². The van der Waals surface area contributed by atoms with Crippen LogP contribution in [0.2, 0.25) is 0 Å². The molecule has 0 aliphatic heterocycles. The zero-order valence-corrected chi connectivity index (χ0v) is 10.5. The van der Waals surface area contributed by atoms with Gasteiger partial charge in [-0.25, -0.2) is 0 Å². The molecule has 16 heavy (non-hydrogen) atoms. The lowest BCUT2D eigenvalue weighted by Gasteiger charge is -2.11. The smallest absolute Gasteiger partial charge is 0.233 e. The van der Waals surface area contributed by atoms with Crippen LogP contribution in [0.4, 0.5) is 0 Å². The third kappa shape index (κ3) is 3.27. The fourth-order valence-corrected chi connectivity index (χ4v) is 2.30. The van der Waals surface area contributed by atoms with Gasteiger partial charge in [0.2, 0.25) is 5.91 Å². The molecule has 0 unspecified atom stereocenters. The van der Waals surface area contributed by atoms with Crippen LogP contribution in [0.25, 0.3) is 0 Å². The first-order chi connectivity index (χ1) is 7.65. The zero-order chi connectivity index (χ0) is 11.5. The number of nitrogens with one attached hydrogen (secondary N) is 1. The molecular formula is C13H17NOS. The molecule has 1 atom stereocenters. The summed E-state index contributed by atoms with van der Waals surface area (Å²) in [5.41, 5.74) is 1.25. The summed E-state index contributed by atoms with van der Waals surface area (Å²) in [5, 5.41) is 3.01. The fraction of sp³-hybridized carbons (Fsp3) is 0.462. The Morgan fingerprint density at radius 2 is 2.00 bits per heavy atom. The predicted molar refractivity (Wildman–Crippen MR) is 67.7 cm³/mol. The van der Waals surface area contributed by atoms with Gasteiger partial charge in [-0.3, -0.25) is 4.79 Å². The summed E-state index contributed by atoms with van der Waals surface area (Å²) in [5.74, 6) is 0.160. The third-order valence-corrected chi connectivity index (χ3v) is 3.74. The van der Waals surface area contributed by atoms with E-state index in [-0.39, 0.29) is 11.2 Å². The molecule has 2 nitrogen and oxygen atoms in total. The van der Waals surface area contributed by atoms with Crippen LogP contribution in [0, 0.1) is 6.92 Å². The Balaban J connectivity index is 1.87. The normalized spacial score (nSPS) is 16.9. The van der Waals surface area contributed by atoms with Gasteiger partial charge in [0.1, 0.15) is 0 Å². The number of thioether (sulfide) groups is 1. The second kappa shape index (κ2) is 4.91. The molecule has 1 aliphatic rings. The number of benzene rings is 1. The van der Waals surface area contributed by atoms with Crippen LogP contribution in [-0.2, 0) is 4.79 Å². The van der Waals surface area contributed by atoms with Gasteiger partial charge in [-0.15, -0.1) is 11.8 Å². The third-order valence-electron chi connectivity index (χ3n) is 2.63. The highest BCUT2D eigenvalue weighted by molar-refractivity contribution is 8.00. The quantitative estimate of drug-likeness (QED) is 0.813. The Labute approximate surface area is 101 Å². The van der Waals surface area contributed by atoms with Gasteiger partial charge in [0.15, 0.2) is 0 Å². The van der Waals surface area contributed by atoms with Gasteiger partial charge >= 0.3 is 0 Å². The highest BCUT2D eigenvalue weighted by Gasteiger charge is 2.25. The van der Waals surface area contributed by atoms with Crippen molar-refractivity contribution >= 4 is 17.7 Å². The first kappa shape index (κ1) is 11.5. The van der Waals surface area contributed by atoms with Gasteiger partial charge in [0, 0.05) is 10.9 Å². The minimum Gasteiger partial charge on any atom is -0.352 e. The molecular weight excluding hydrogens is 218 g/mol. The summed E-state index contributed by atoms with van der Waals surface area (Å²) in [4.78, 5) is 12.9. The lowest BCUT2D eigenvalue weighted by molar-refractivity contribution is -0.120. The molecule has 0 heterocycles. The number of carbonyl (C=O) groups is 1. The second-order valence-electron chi connectivity index (χ2n) is 4.36. The van der Waals surface area contributed by atoms with Gasteiger partial charge in [0.05, 0.1) is 5.25 Å². The maximum atomic E-state index is 11.7. The van der Waals surface area contributed by atoms with Crippen LogP contribution in [0.5, 0.6) is 0 Å². The predicted octanol–water partition coefficient (Wildman–Crippen LogP) is 2.75. The highest BCUT2D eigenvalue weighted by atomic mass is 32.2. The van der Waals surface area contributed by atoms with Crippen LogP contribution in [0.1, 0.15) is 25.3 Å². The molecule has 1 amide bonds. The van der Waals surface area contributed by atoms with Crippen LogP contribution in [0.3, 0.4) is 0 Å². The van der Waals surface area contributed by atoms with Crippen molar-refractivity contribution in [3.63, 3.8) is 0 Å². The topological polar surface area (TPSA) is 29.1 Å². The average molecular weight is 235 g/mol. The molecule has 0 aromatic heterocycles. The van der Waals surface area contributed by atoms with Crippen molar-refractivity contribution in [2.75, 3.05) is 0 Å². The Morgan fingerprint density at radius 3 is 2.56 bits per heavy atom. The molecule has 0 saturated heterocycles. The van der Waals surface area contributed by atoms with Crippen molar-refractivity contribution in [2.24, 2.45) is 0 Å². The number of aryl methyl sites for hydroxylation is 1. The molecule has 1 fully saturated rings. The Kier molecular flexibility index (Phi) is 3.54. The van der Waals surface area contributed by atoms with E-state index in [0.717, 1.165) is 17.7 Å². The minimum absolute atomic E-state index is 0.0108. The molecule has 2 rings (SSSR count). The van der Waals surface area contributed by atoms with Crippen molar-refractivity contribution in [1.29, 1.82) is 0 Å². The molecule has 0 spiro atoms. The zero-order valence-electron chi connectivity index (χ0n) is 9.69. The van der Waals surface area contributed by atoms with Crippen molar-refractivity contribution < 1.29 is 4.79 Å². The minimum atomic E-state index is -0.0108. The molecule has 86 valence electrons. The maximum Gasteiger partial charge on any atom is 0.233 e. The van der Waals surface area contributed by atoms with Crippen molar-refractivity contribution in [3.05, 3.63) is 29.8 Å². The van der Waals surface area contributed by atoms with Gasteiger partial charge < -0.3 is 5.32 Å². The van der Waals surface area contributed by atoms with E-state index in [1.807, 2.05) is 6.92 Å². The standard InChI is InChI=1S/C13H17NOS/c1-9-3-7-12(8-4-9)16-10(2)13(15)14-11-5-6-11/h3-4,7-8,10-11H,5-6H2,1-2H3,(H,14,15)/t10-/m1/s1. The lowest BCUT2D eigenvalue weighted by atomic mass is 10.2. The van der Waals surface area contributed by atoms with Gasteiger partial charge in [-0.1, -0.05) is 17.7 Å². The largest absolute Gasteiger partial charge is 0.352 e. The molecule has 3 heteroatoms. The lowest BCUT2D eigenvalue weighted by Crippen LogP contribution is -2.32. The second-order valence-corrected chi connectivity index (χ2v) is 5.77. The highest BCUT2D eigenvalue weighted by Crippen LogP contribution is 2.25. The van der Waals surface area contributed by atoms with E-state index < -0.39 is 0 Å². The van der Waals surface area contributed by atoms with Crippen LogP contribution >= 0.6 is 11.8 Å². The van der Waals surface area contributed by atoms with E-state index in [9.17, 15) is 4.79 Å². The summed E-state index contributed by atoms with van der Waals surface area (Å²) in [6, 6.07) is 8.75. The average Bonchev–Trinajstić information content (AvgIpc) is 3.05. The van der Waals surface area contributed by atoms with E-state index in [4.69, 9.17) is 0 Å². The van der Waals surface area contributed by atoms with E-state index >= 15 is 0 Å². The number of amides is 1. The van der Waals surface area contributed by atoms with E-state index in [1.54, 1.807) is 11.8 Å². The summed E-state index contributed by atoms with van der Waals surface area (Å²) in [7, 11) is 0. The number of rotatable bonds is 4. The number of carbonyl (C=O) groups excluding carboxylic acids is 1. The number of hydrogen-bond acceptors (Lipinski definition) is 2. The monoisotopic (exact) mass is 235 g/mol. The van der Waals surface area contributed by atoms with E-state index in [0.29, 0.717) is 6.04 Å². The molecule has 1 saturated carbocycles. The van der Waals surface area contributed by atoms with Crippen LogP contribution < -0.4 is 5.32 Å². The maximum absolute atomic E-state index is 11.7.